The first-order valence-electron chi connectivity index (χ1n) is 9.14. The van der Waals surface area contributed by atoms with E-state index < -0.39 is 9.84 Å². The van der Waals surface area contributed by atoms with E-state index in [2.05, 4.69) is 10.6 Å². The van der Waals surface area contributed by atoms with Crippen molar-refractivity contribution in [2.45, 2.75) is 41.4 Å². The van der Waals surface area contributed by atoms with Crippen molar-refractivity contribution >= 4 is 50.7 Å². The number of carbonyl (C=O) groups excluding carboxylic acids is 2. The Hall–Kier alpha value is -2.03. The number of hydrogen-bond donors (Lipinski definition) is 2. The number of sulfone groups is 1. The van der Waals surface area contributed by atoms with Crippen LogP contribution in [0.4, 0.5) is 5.69 Å². The Morgan fingerprint density at radius 2 is 2.00 bits per heavy atom. The maximum absolute atomic E-state index is 12.6. The minimum absolute atomic E-state index is 0.0889. The third kappa shape index (κ3) is 5.32. The van der Waals surface area contributed by atoms with Crippen molar-refractivity contribution in [3.05, 3.63) is 53.1 Å². The zero-order valence-corrected chi connectivity index (χ0v) is 18.2. The molecule has 0 spiro atoms. The molecule has 0 radical (unpaired) electrons. The predicted octanol–water partition coefficient (Wildman–Crippen LogP) is 3.64. The maximum Gasteiger partial charge on any atom is 0.237 e. The number of rotatable bonds is 7. The van der Waals surface area contributed by atoms with Crippen molar-refractivity contribution in [2.75, 3.05) is 11.1 Å². The van der Waals surface area contributed by atoms with Gasteiger partial charge in [0.15, 0.2) is 9.84 Å². The lowest BCUT2D eigenvalue weighted by atomic mass is 10.2. The Labute approximate surface area is 179 Å². The summed E-state index contributed by atoms with van der Waals surface area (Å²) in [6.07, 6.45) is 0.530. The summed E-state index contributed by atoms with van der Waals surface area (Å²) in [5.41, 5.74) is 1.26. The Morgan fingerprint density at radius 1 is 1.24 bits per heavy atom. The monoisotopic (exact) mass is 452 g/mol. The smallest absolute Gasteiger partial charge is 0.237 e. The fourth-order valence-electron chi connectivity index (χ4n) is 2.86. The minimum atomic E-state index is -3.66. The van der Waals surface area contributed by atoms with Gasteiger partial charge in [0, 0.05) is 22.9 Å². The number of amides is 2. The van der Waals surface area contributed by atoms with E-state index in [1.807, 2.05) is 13.0 Å². The Morgan fingerprint density at radius 3 is 2.72 bits per heavy atom. The number of halogens is 1. The first-order chi connectivity index (χ1) is 13.8. The van der Waals surface area contributed by atoms with Gasteiger partial charge in [0.25, 0.3) is 0 Å². The van der Waals surface area contributed by atoms with Gasteiger partial charge in [-0.25, -0.2) is 8.42 Å². The highest BCUT2D eigenvalue weighted by Gasteiger charge is 2.27. The second-order valence-corrected chi connectivity index (χ2v) is 10.4. The second kappa shape index (κ2) is 9.19. The summed E-state index contributed by atoms with van der Waals surface area (Å²) in [4.78, 5) is 25.0. The van der Waals surface area contributed by atoms with Crippen LogP contribution in [0.15, 0.2) is 52.3 Å². The lowest BCUT2D eigenvalue weighted by Crippen LogP contribution is -2.28. The minimum Gasteiger partial charge on any atom is -0.352 e. The Bertz CT molecular complexity index is 1040. The average Bonchev–Trinajstić information content (AvgIpc) is 2.70. The van der Waals surface area contributed by atoms with Gasteiger partial charge >= 0.3 is 0 Å². The summed E-state index contributed by atoms with van der Waals surface area (Å²) < 4.78 is 25.3. The van der Waals surface area contributed by atoms with Crippen LogP contribution in [0.2, 0.25) is 5.02 Å². The highest BCUT2D eigenvalue weighted by atomic mass is 35.5. The normalized spacial score (nSPS) is 16.1. The summed E-state index contributed by atoms with van der Waals surface area (Å²) >= 11 is 7.47. The van der Waals surface area contributed by atoms with Crippen molar-refractivity contribution in [2.24, 2.45) is 0 Å². The standard InChI is InChI=1S/C20H21ClN2O4S2/c1-2-17-20(25)23-16-11-14(7-8-18(16)28-17)29(26,27)10-9-19(24)22-12-13-5-3-4-6-15(13)21/h3-8,11,17H,2,9-10,12H2,1H3,(H,22,24)(H,23,25). The molecule has 6 nitrogen and oxygen atoms in total. The summed E-state index contributed by atoms with van der Waals surface area (Å²) in [5.74, 6) is -0.821. The quantitative estimate of drug-likeness (QED) is 0.669. The average molecular weight is 453 g/mol. The molecule has 0 aliphatic carbocycles. The number of anilines is 1. The molecule has 1 aliphatic rings. The van der Waals surface area contributed by atoms with Crippen molar-refractivity contribution < 1.29 is 18.0 Å². The number of hydrogen-bond acceptors (Lipinski definition) is 5. The van der Waals surface area contributed by atoms with Crippen molar-refractivity contribution in [3.8, 4) is 0 Å². The summed E-state index contributed by atoms with van der Waals surface area (Å²) in [6.45, 7) is 2.16. The van der Waals surface area contributed by atoms with Crippen molar-refractivity contribution in [1.82, 2.24) is 5.32 Å². The molecule has 1 atom stereocenters. The van der Waals surface area contributed by atoms with Crippen LogP contribution >= 0.6 is 23.4 Å². The molecule has 0 aromatic heterocycles. The first kappa shape index (κ1) is 21.7. The third-order valence-corrected chi connectivity index (χ3v) is 8.06. The summed E-state index contributed by atoms with van der Waals surface area (Å²) in [5, 5.41) is 5.82. The van der Waals surface area contributed by atoms with E-state index in [9.17, 15) is 18.0 Å². The molecule has 2 aromatic rings. The Kier molecular flexibility index (Phi) is 6.87. The van der Waals surface area contributed by atoms with E-state index in [-0.39, 0.29) is 40.7 Å². The van der Waals surface area contributed by atoms with Crippen molar-refractivity contribution in [1.29, 1.82) is 0 Å². The fraction of sp³-hybridized carbons (Fsp3) is 0.300. The first-order valence-corrected chi connectivity index (χ1v) is 12.1. The van der Waals surface area contributed by atoms with E-state index in [1.165, 1.54) is 23.9 Å². The van der Waals surface area contributed by atoms with Crippen LogP contribution in [0.25, 0.3) is 0 Å². The highest BCUT2D eigenvalue weighted by molar-refractivity contribution is 8.01. The van der Waals surface area contributed by atoms with Crippen LogP contribution in [0.5, 0.6) is 0 Å². The zero-order chi connectivity index (χ0) is 21.0. The lowest BCUT2D eigenvalue weighted by Gasteiger charge is -2.23. The van der Waals surface area contributed by atoms with Gasteiger partial charge in [-0.2, -0.15) is 0 Å². The fourth-order valence-corrected chi connectivity index (χ4v) is 5.35. The molecule has 1 heterocycles. The molecule has 0 saturated heterocycles. The molecule has 0 bridgehead atoms. The van der Waals surface area contributed by atoms with Crippen LogP contribution in [0, 0.1) is 0 Å². The van der Waals surface area contributed by atoms with Gasteiger partial charge in [0.1, 0.15) is 0 Å². The van der Waals surface area contributed by atoms with E-state index in [4.69, 9.17) is 11.6 Å². The molecular formula is C20H21ClN2O4S2. The van der Waals surface area contributed by atoms with Crippen LogP contribution in [0.3, 0.4) is 0 Å². The predicted molar refractivity (Wildman–Crippen MR) is 115 cm³/mol. The van der Waals surface area contributed by atoms with Crippen molar-refractivity contribution in [3.63, 3.8) is 0 Å². The number of fused-ring (bicyclic) bond motifs is 1. The topological polar surface area (TPSA) is 92.3 Å². The summed E-state index contributed by atoms with van der Waals surface area (Å²) in [6, 6.07) is 11.8. The van der Waals surface area contributed by atoms with Gasteiger partial charge in [-0.3, -0.25) is 9.59 Å². The Balaban J connectivity index is 1.61. The van der Waals surface area contributed by atoms with Gasteiger partial charge in [0.05, 0.1) is 21.6 Å². The van der Waals surface area contributed by atoms with Gasteiger partial charge < -0.3 is 10.6 Å². The van der Waals surface area contributed by atoms with E-state index >= 15 is 0 Å². The second-order valence-electron chi connectivity index (χ2n) is 6.60. The number of carbonyl (C=O) groups is 2. The number of nitrogens with one attached hydrogen (secondary N) is 2. The third-order valence-electron chi connectivity index (χ3n) is 4.53. The molecule has 3 rings (SSSR count). The van der Waals surface area contributed by atoms with Gasteiger partial charge in [-0.1, -0.05) is 36.7 Å². The van der Waals surface area contributed by atoms with E-state index in [1.54, 1.807) is 24.3 Å². The van der Waals surface area contributed by atoms with E-state index in [0.29, 0.717) is 17.1 Å². The van der Waals surface area contributed by atoms with Gasteiger partial charge in [0.2, 0.25) is 11.8 Å². The number of benzene rings is 2. The van der Waals surface area contributed by atoms with Crippen LogP contribution in [-0.2, 0) is 26.0 Å². The van der Waals surface area contributed by atoms with Gasteiger partial charge in [-0.15, -0.1) is 11.8 Å². The lowest BCUT2D eigenvalue weighted by molar-refractivity contribution is -0.121. The number of thioether (sulfide) groups is 1. The molecule has 2 amide bonds. The van der Waals surface area contributed by atoms with Gasteiger partial charge in [-0.05, 0) is 36.2 Å². The van der Waals surface area contributed by atoms with E-state index in [0.717, 1.165) is 10.5 Å². The summed E-state index contributed by atoms with van der Waals surface area (Å²) in [7, 11) is -3.66. The highest BCUT2D eigenvalue weighted by Crippen LogP contribution is 2.38. The largest absolute Gasteiger partial charge is 0.352 e. The molecule has 2 aromatic carbocycles. The molecule has 0 fully saturated rings. The molecule has 9 heteroatoms. The SMILES string of the molecule is CCC1Sc2ccc(S(=O)(=O)CCC(=O)NCc3ccccc3Cl)cc2NC1=O. The zero-order valence-electron chi connectivity index (χ0n) is 15.8. The molecule has 1 unspecified atom stereocenters. The van der Waals surface area contributed by atoms with Crippen LogP contribution < -0.4 is 10.6 Å². The molecular weight excluding hydrogens is 432 g/mol. The molecule has 0 saturated carbocycles. The molecule has 1 aliphatic heterocycles. The molecule has 29 heavy (non-hydrogen) atoms. The van der Waals surface area contributed by atoms with Crippen LogP contribution in [-0.4, -0.2) is 31.2 Å². The molecule has 2 N–H and O–H groups in total. The molecule has 154 valence electrons. The maximum atomic E-state index is 12.6. The van der Waals surface area contributed by atoms with Crippen LogP contribution in [0.1, 0.15) is 25.3 Å².